The molecule has 0 N–H and O–H groups in total. The lowest BCUT2D eigenvalue weighted by Crippen LogP contribution is -2.05. The second-order valence-corrected chi connectivity index (χ2v) is 4.51. The Kier molecular flexibility index (Phi) is 3.30. The molecule has 18 heavy (non-hydrogen) atoms. The maximum absolute atomic E-state index is 13.1. The van der Waals surface area contributed by atoms with Crippen molar-refractivity contribution in [2.45, 2.75) is 19.8 Å². The van der Waals surface area contributed by atoms with E-state index < -0.39 is 5.82 Å². The van der Waals surface area contributed by atoms with Gasteiger partial charge < -0.3 is 0 Å². The summed E-state index contributed by atoms with van der Waals surface area (Å²) in [6.45, 7) is 3.86. The first-order valence-electron chi connectivity index (χ1n) is 5.35. The quantitative estimate of drug-likeness (QED) is 0.838. The average molecular weight is 265 g/mol. The summed E-state index contributed by atoms with van der Waals surface area (Å²) in [5.41, 5.74) is 1.53. The predicted molar refractivity (Wildman–Crippen MR) is 65.1 cm³/mol. The normalized spacial score (nSPS) is 10.7. The zero-order valence-corrected chi connectivity index (χ0v) is 10.6. The Morgan fingerprint density at radius 1 is 1.44 bits per heavy atom. The monoisotopic (exact) mass is 264 g/mol. The molecule has 0 atom stereocenters. The van der Waals surface area contributed by atoms with Crippen LogP contribution in [0, 0.1) is 17.1 Å². The molecule has 0 bridgehead atoms. The van der Waals surface area contributed by atoms with Crippen molar-refractivity contribution in [1.29, 1.82) is 5.26 Å². The molecule has 0 aliphatic heterocycles. The summed E-state index contributed by atoms with van der Waals surface area (Å²) < 4.78 is 14.6. The van der Waals surface area contributed by atoms with Crippen molar-refractivity contribution in [2.75, 3.05) is 0 Å². The van der Waals surface area contributed by atoms with Crippen LogP contribution in [0.5, 0.6) is 0 Å². The van der Waals surface area contributed by atoms with Gasteiger partial charge in [-0.3, -0.25) is 0 Å². The minimum atomic E-state index is -0.493. The zero-order valence-electron chi connectivity index (χ0n) is 9.85. The summed E-state index contributed by atoms with van der Waals surface area (Å²) in [5.74, 6) is -0.425. The highest BCUT2D eigenvalue weighted by atomic mass is 35.5. The van der Waals surface area contributed by atoms with Crippen LogP contribution in [0.3, 0.4) is 0 Å². The molecule has 4 nitrogen and oxygen atoms in total. The second-order valence-electron chi connectivity index (χ2n) is 4.10. The van der Waals surface area contributed by atoms with Crippen LogP contribution in [-0.2, 0) is 0 Å². The largest absolute Gasteiger partial charge is 0.216 e. The molecular weight excluding hydrogens is 255 g/mol. The lowest BCUT2D eigenvalue weighted by molar-refractivity contribution is 0.626. The maximum atomic E-state index is 13.1. The third-order valence-corrected chi connectivity index (χ3v) is 2.80. The molecule has 2 aromatic rings. The Hall–Kier alpha value is -1.93. The first-order chi connectivity index (χ1) is 8.54. The molecule has 0 aliphatic rings. The summed E-state index contributed by atoms with van der Waals surface area (Å²) >= 11 is 5.73. The fraction of sp³-hybridized carbons (Fsp3) is 0.250. The van der Waals surface area contributed by atoms with E-state index in [9.17, 15) is 4.39 Å². The molecule has 0 aliphatic carbocycles. The van der Waals surface area contributed by atoms with Crippen molar-refractivity contribution < 1.29 is 4.39 Å². The van der Waals surface area contributed by atoms with Gasteiger partial charge >= 0.3 is 0 Å². The summed E-state index contributed by atoms with van der Waals surface area (Å²) in [7, 11) is 0. The van der Waals surface area contributed by atoms with Crippen molar-refractivity contribution in [2.24, 2.45) is 0 Å². The third-order valence-electron chi connectivity index (χ3n) is 2.51. The fourth-order valence-electron chi connectivity index (χ4n) is 1.69. The second kappa shape index (κ2) is 4.75. The highest BCUT2D eigenvalue weighted by molar-refractivity contribution is 6.30. The maximum Gasteiger partial charge on any atom is 0.186 e. The van der Waals surface area contributed by atoms with Gasteiger partial charge in [0.1, 0.15) is 11.9 Å². The number of hydrogen-bond donors (Lipinski definition) is 0. The predicted octanol–water partition coefficient (Wildman–Crippen LogP) is 3.05. The van der Waals surface area contributed by atoms with Crippen LogP contribution < -0.4 is 0 Å². The van der Waals surface area contributed by atoms with E-state index in [0.717, 1.165) is 0 Å². The Bertz CT molecular complexity index is 627. The van der Waals surface area contributed by atoms with E-state index in [1.807, 2.05) is 19.9 Å². The minimum absolute atomic E-state index is 0.0104. The molecule has 6 heteroatoms. The van der Waals surface area contributed by atoms with Crippen molar-refractivity contribution >= 4 is 11.6 Å². The lowest BCUT2D eigenvalue weighted by Gasteiger charge is -2.09. The van der Waals surface area contributed by atoms with Crippen molar-refractivity contribution in [3.05, 3.63) is 40.4 Å². The molecule has 1 heterocycles. The first kappa shape index (κ1) is 12.5. The highest BCUT2D eigenvalue weighted by Gasteiger charge is 2.17. The zero-order chi connectivity index (χ0) is 13.3. The summed E-state index contributed by atoms with van der Waals surface area (Å²) in [6.07, 6.45) is 0. The number of hydrogen-bond acceptors (Lipinski definition) is 3. The molecule has 0 spiro atoms. The van der Waals surface area contributed by atoms with E-state index in [0.29, 0.717) is 11.4 Å². The van der Waals surface area contributed by atoms with Gasteiger partial charge in [-0.2, -0.15) is 5.26 Å². The Balaban J connectivity index is 2.61. The molecule has 0 saturated heterocycles. The van der Waals surface area contributed by atoms with Crippen molar-refractivity contribution in [1.82, 2.24) is 15.0 Å². The number of aromatic nitrogens is 3. The van der Waals surface area contributed by atoms with Crippen LogP contribution in [0.1, 0.15) is 31.2 Å². The molecule has 92 valence electrons. The molecule has 0 radical (unpaired) electrons. The van der Waals surface area contributed by atoms with Gasteiger partial charge in [0.15, 0.2) is 5.69 Å². The van der Waals surface area contributed by atoms with E-state index in [1.54, 1.807) is 6.07 Å². The van der Waals surface area contributed by atoms with Gasteiger partial charge in [0, 0.05) is 0 Å². The summed E-state index contributed by atoms with van der Waals surface area (Å²) in [6, 6.07) is 6.25. The molecule has 0 unspecified atom stereocenters. The average Bonchev–Trinajstić information content (AvgIpc) is 2.76. The number of rotatable bonds is 2. The van der Waals surface area contributed by atoms with Gasteiger partial charge in [0.2, 0.25) is 0 Å². The van der Waals surface area contributed by atoms with Gasteiger partial charge in [-0.05, 0) is 24.1 Å². The van der Waals surface area contributed by atoms with E-state index in [1.165, 1.54) is 16.8 Å². The third kappa shape index (κ3) is 2.07. The standard InChI is InChI=1S/C12H10ClFN4/c1-7(2)12-11(6-15)16-17-18(12)8-3-4-10(14)9(13)5-8/h3-5,7H,1-2H3. The SMILES string of the molecule is CC(C)c1c(C#N)nnn1-c1ccc(F)c(Cl)c1. The molecule has 0 saturated carbocycles. The topological polar surface area (TPSA) is 54.5 Å². The molecule has 0 fully saturated rings. The van der Waals surface area contributed by atoms with E-state index >= 15 is 0 Å². The van der Waals surface area contributed by atoms with Crippen LogP contribution in [-0.4, -0.2) is 15.0 Å². The van der Waals surface area contributed by atoms with Crippen molar-refractivity contribution in [3.63, 3.8) is 0 Å². The number of nitrogens with zero attached hydrogens (tertiary/aromatic N) is 4. The lowest BCUT2D eigenvalue weighted by atomic mass is 10.1. The molecule has 1 aromatic carbocycles. The number of nitriles is 1. The highest BCUT2D eigenvalue weighted by Crippen LogP contribution is 2.23. The minimum Gasteiger partial charge on any atom is -0.216 e. The van der Waals surface area contributed by atoms with Crippen molar-refractivity contribution in [3.8, 4) is 11.8 Å². The van der Waals surface area contributed by atoms with E-state index in [4.69, 9.17) is 16.9 Å². The smallest absolute Gasteiger partial charge is 0.186 e. The van der Waals surface area contributed by atoms with Gasteiger partial charge in [0.25, 0.3) is 0 Å². The molecule has 2 rings (SSSR count). The molecule has 1 aromatic heterocycles. The Morgan fingerprint density at radius 2 is 2.17 bits per heavy atom. The fourth-order valence-corrected chi connectivity index (χ4v) is 1.87. The van der Waals surface area contributed by atoms with Gasteiger partial charge in [-0.25, -0.2) is 9.07 Å². The first-order valence-corrected chi connectivity index (χ1v) is 5.73. The number of halogens is 2. The van der Waals surface area contributed by atoms with Gasteiger partial charge in [0.05, 0.1) is 16.4 Å². The van der Waals surface area contributed by atoms with E-state index in [2.05, 4.69) is 10.3 Å². The van der Waals surface area contributed by atoms with Crippen LogP contribution in [0.15, 0.2) is 18.2 Å². The van der Waals surface area contributed by atoms with Gasteiger partial charge in [-0.15, -0.1) is 5.10 Å². The van der Waals surface area contributed by atoms with E-state index in [-0.39, 0.29) is 16.6 Å². The Labute approximate surface area is 109 Å². The molecule has 0 amide bonds. The molecular formula is C12H10ClFN4. The van der Waals surface area contributed by atoms with Crippen LogP contribution >= 0.6 is 11.6 Å². The Morgan fingerprint density at radius 3 is 2.72 bits per heavy atom. The van der Waals surface area contributed by atoms with Gasteiger partial charge in [-0.1, -0.05) is 30.7 Å². The number of benzene rings is 1. The van der Waals surface area contributed by atoms with Crippen LogP contribution in [0.4, 0.5) is 4.39 Å². The van der Waals surface area contributed by atoms with Crippen LogP contribution in [0.2, 0.25) is 5.02 Å². The van der Waals surface area contributed by atoms with Crippen LogP contribution in [0.25, 0.3) is 5.69 Å². The summed E-state index contributed by atoms with van der Waals surface area (Å²) in [5, 5.41) is 16.7. The summed E-state index contributed by atoms with van der Waals surface area (Å²) in [4.78, 5) is 0.